The molecule has 0 saturated heterocycles. The molecule has 36 heavy (non-hydrogen) atoms. The molecule has 0 aliphatic carbocycles. The molecule has 7 nitrogen and oxygen atoms in total. The minimum absolute atomic E-state index is 0.130. The molecule has 0 unspecified atom stereocenters. The van der Waals surface area contributed by atoms with Crippen LogP contribution in [0.5, 0.6) is 11.5 Å². The predicted molar refractivity (Wildman–Crippen MR) is 137 cm³/mol. The minimum atomic E-state index is -0.582. The van der Waals surface area contributed by atoms with Crippen LogP contribution in [-0.4, -0.2) is 24.4 Å². The van der Waals surface area contributed by atoms with Crippen LogP contribution in [0.25, 0.3) is 6.08 Å². The lowest BCUT2D eigenvalue weighted by molar-refractivity contribution is -0.129. The van der Waals surface area contributed by atoms with Gasteiger partial charge in [0, 0.05) is 18.2 Å². The summed E-state index contributed by atoms with van der Waals surface area (Å²) in [6.07, 6.45) is 1.60. The summed E-state index contributed by atoms with van der Waals surface area (Å²) < 4.78 is 30.8. The van der Waals surface area contributed by atoms with Crippen molar-refractivity contribution >= 4 is 45.5 Å². The van der Waals surface area contributed by atoms with Crippen molar-refractivity contribution in [2.24, 2.45) is 4.99 Å². The van der Waals surface area contributed by atoms with Crippen LogP contribution in [0.1, 0.15) is 30.5 Å². The van der Waals surface area contributed by atoms with Crippen molar-refractivity contribution < 1.29 is 28.2 Å². The van der Waals surface area contributed by atoms with Crippen molar-refractivity contribution in [3.63, 3.8) is 0 Å². The number of anilines is 1. The van der Waals surface area contributed by atoms with Gasteiger partial charge in [0.15, 0.2) is 17.2 Å². The molecule has 0 fully saturated rings. The number of rotatable bonds is 8. The van der Waals surface area contributed by atoms with Crippen molar-refractivity contribution in [3.8, 4) is 11.5 Å². The number of aliphatic imine (C=N–C) groups is 1. The number of hydrogen-bond acceptors (Lipinski definition) is 6. The fourth-order valence-corrected chi connectivity index (χ4v) is 3.97. The molecule has 1 heterocycles. The lowest BCUT2D eigenvalue weighted by Crippen LogP contribution is -2.07. The van der Waals surface area contributed by atoms with Crippen molar-refractivity contribution in [2.45, 2.75) is 20.5 Å². The number of nitrogens with one attached hydrogen (secondary N) is 1. The van der Waals surface area contributed by atoms with Gasteiger partial charge in [-0.05, 0) is 88.6 Å². The highest BCUT2D eigenvalue weighted by atomic mass is 79.9. The molecule has 0 spiro atoms. The Hall–Kier alpha value is -3.98. The molecule has 0 radical (unpaired) electrons. The highest BCUT2D eigenvalue weighted by Crippen LogP contribution is 2.38. The Morgan fingerprint density at radius 2 is 1.83 bits per heavy atom. The summed E-state index contributed by atoms with van der Waals surface area (Å²) in [6, 6.07) is 16.4. The molecule has 0 atom stereocenters. The fourth-order valence-electron chi connectivity index (χ4n) is 3.40. The average molecular weight is 553 g/mol. The van der Waals surface area contributed by atoms with E-state index in [9.17, 15) is 14.0 Å². The summed E-state index contributed by atoms with van der Waals surface area (Å²) >= 11 is 3.51. The molecule has 0 saturated carbocycles. The number of hydrogen-bond donors (Lipinski definition) is 1. The van der Waals surface area contributed by atoms with Gasteiger partial charge in [-0.1, -0.05) is 12.1 Å². The van der Waals surface area contributed by atoms with Crippen LogP contribution in [0.15, 0.2) is 75.8 Å². The monoisotopic (exact) mass is 552 g/mol. The Labute approximate surface area is 215 Å². The third-order valence-electron chi connectivity index (χ3n) is 5.00. The largest absolute Gasteiger partial charge is 0.490 e. The first kappa shape index (κ1) is 25.1. The first-order valence-corrected chi connectivity index (χ1v) is 11.9. The van der Waals surface area contributed by atoms with Crippen LogP contribution in [0.2, 0.25) is 0 Å². The van der Waals surface area contributed by atoms with E-state index in [1.54, 1.807) is 54.6 Å². The van der Waals surface area contributed by atoms with Crippen LogP contribution < -0.4 is 14.8 Å². The van der Waals surface area contributed by atoms with Gasteiger partial charge in [0.05, 0.1) is 11.1 Å². The molecule has 3 aromatic rings. The number of benzene rings is 3. The molecule has 1 amide bonds. The quantitative estimate of drug-likeness (QED) is 0.279. The molecule has 184 valence electrons. The second-order valence-electron chi connectivity index (χ2n) is 7.77. The number of nitrogens with zero attached hydrogens (tertiary/aromatic N) is 1. The van der Waals surface area contributed by atoms with Crippen molar-refractivity contribution in [1.82, 2.24) is 0 Å². The van der Waals surface area contributed by atoms with Crippen LogP contribution in [-0.2, 0) is 20.9 Å². The number of carbonyl (C=O) groups is 2. The molecule has 1 aliphatic rings. The molecule has 4 rings (SSSR count). The third-order valence-corrected chi connectivity index (χ3v) is 5.59. The second-order valence-corrected chi connectivity index (χ2v) is 8.63. The Bertz CT molecular complexity index is 1350. The van der Waals surface area contributed by atoms with E-state index in [-0.39, 0.29) is 29.9 Å². The zero-order valence-electron chi connectivity index (χ0n) is 19.5. The van der Waals surface area contributed by atoms with E-state index in [1.807, 2.05) is 6.92 Å². The van der Waals surface area contributed by atoms with Crippen molar-refractivity contribution in [2.75, 3.05) is 11.9 Å². The Kier molecular flexibility index (Phi) is 7.80. The van der Waals surface area contributed by atoms with E-state index < -0.39 is 5.97 Å². The lowest BCUT2D eigenvalue weighted by Gasteiger charge is -2.15. The third kappa shape index (κ3) is 6.17. The van der Waals surface area contributed by atoms with Gasteiger partial charge in [0.1, 0.15) is 12.4 Å². The topological polar surface area (TPSA) is 86.2 Å². The zero-order valence-corrected chi connectivity index (χ0v) is 21.1. The highest BCUT2D eigenvalue weighted by molar-refractivity contribution is 9.10. The maximum absolute atomic E-state index is 13.2. The van der Waals surface area contributed by atoms with Gasteiger partial charge in [-0.3, -0.25) is 4.79 Å². The van der Waals surface area contributed by atoms with E-state index in [4.69, 9.17) is 14.2 Å². The SMILES string of the molecule is CCOc1cc(/C=C2\N=C(c3ccc(NC(C)=O)cc3)OC2=O)cc(Br)c1OCc1ccc(F)cc1. The maximum Gasteiger partial charge on any atom is 0.363 e. The number of amides is 1. The number of carbonyl (C=O) groups excluding carboxylic acids is 2. The zero-order chi connectivity index (χ0) is 25.7. The van der Waals surface area contributed by atoms with Crippen molar-refractivity contribution in [1.29, 1.82) is 0 Å². The molecular weight excluding hydrogens is 531 g/mol. The van der Waals surface area contributed by atoms with E-state index in [2.05, 4.69) is 26.2 Å². The number of halogens is 2. The lowest BCUT2D eigenvalue weighted by atomic mass is 10.1. The van der Waals surface area contributed by atoms with E-state index in [1.165, 1.54) is 19.1 Å². The Balaban J connectivity index is 1.56. The first-order valence-electron chi connectivity index (χ1n) is 11.1. The Morgan fingerprint density at radius 1 is 1.11 bits per heavy atom. The molecule has 9 heteroatoms. The van der Waals surface area contributed by atoms with Gasteiger partial charge in [-0.2, -0.15) is 0 Å². The van der Waals surface area contributed by atoms with Gasteiger partial charge in [-0.25, -0.2) is 14.2 Å². The number of cyclic esters (lactones) is 1. The standard InChI is InChI=1S/C27H22BrFN2O5/c1-3-34-24-14-18(12-22(28)25(24)35-15-17-4-8-20(29)9-5-17)13-23-27(33)36-26(31-23)19-6-10-21(11-7-19)30-16(2)32/h4-14H,3,15H2,1-2H3,(H,30,32)/b23-13-. The second kappa shape index (κ2) is 11.2. The van der Waals surface area contributed by atoms with Crippen LogP contribution in [0, 0.1) is 5.82 Å². The first-order chi connectivity index (χ1) is 17.3. The van der Waals surface area contributed by atoms with Gasteiger partial charge in [0.25, 0.3) is 0 Å². The average Bonchev–Trinajstić information content (AvgIpc) is 3.20. The maximum atomic E-state index is 13.2. The normalized spacial score (nSPS) is 13.8. The number of ether oxygens (including phenoxy) is 3. The van der Waals surface area contributed by atoms with E-state index >= 15 is 0 Å². The van der Waals surface area contributed by atoms with Crippen LogP contribution in [0.3, 0.4) is 0 Å². The molecule has 1 aliphatic heterocycles. The van der Waals surface area contributed by atoms with Gasteiger partial charge >= 0.3 is 5.97 Å². The van der Waals surface area contributed by atoms with Gasteiger partial charge in [-0.15, -0.1) is 0 Å². The van der Waals surface area contributed by atoms with Crippen molar-refractivity contribution in [3.05, 3.63) is 93.3 Å². The van der Waals surface area contributed by atoms with Gasteiger partial charge < -0.3 is 19.5 Å². The van der Waals surface area contributed by atoms with Crippen LogP contribution in [0.4, 0.5) is 10.1 Å². The summed E-state index contributed by atoms with van der Waals surface area (Å²) in [6.45, 7) is 3.90. The summed E-state index contributed by atoms with van der Waals surface area (Å²) in [4.78, 5) is 28.0. The molecule has 3 aromatic carbocycles. The summed E-state index contributed by atoms with van der Waals surface area (Å²) in [5.41, 5.74) is 2.81. The Morgan fingerprint density at radius 3 is 2.50 bits per heavy atom. The summed E-state index contributed by atoms with van der Waals surface area (Å²) in [5.74, 6) is 0.0593. The van der Waals surface area contributed by atoms with Gasteiger partial charge in [0.2, 0.25) is 11.8 Å². The smallest absolute Gasteiger partial charge is 0.363 e. The minimum Gasteiger partial charge on any atom is -0.490 e. The summed E-state index contributed by atoms with van der Waals surface area (Å²) in [7, 11) is 0. The molecular formula is C27H22BrFN2O5. The van der Waals surface area contributed by atoms with Crippen LogP contribution >= 0.6 is 15.9 Å². The fraction of sp³-hybridized carbons (Fsp3) is 0.148. The number of esters is 1. The molecule has 1 N–H and O–H groups in total. The van der Waals surface area contributed by atoms with E-state index in [0.717, 1.165) is 5.56 Å². The molecule has 0 aromatic heterocycles. The van der Waals surface area contributed by atoms with E-state index in [0.29, 0.717) is 39.4 Å². The predicted octanol–water partition coefficient (Wildman–Crippen LogP) is 5.87. The summed E-state index contributed by atoms with van der Waals surface area (Å²) in [5, 5.41) is 2.68. The highest BCUT2D eigenvalue weighted by Gasteiger charge is 2.24. The molecule has 0 bridgehead atoms.